The lowest BCUT2D eigenvalue weighted by Gasteiger charge is -2.41. The van der Waals surface area contributed by atoms with E-state index >= 15 is 0 Å². The molecule has 2 aliphatic heterocycles. The molecule has 2 fully saturated rings. The molecule has 1 atom stereocenters. The van der Waals surface area contributed by atoms with Crippen LogP contribution in [-0.4, -0.2) is 59.9 Å². The van der Waals surface area contributed by atoms with E-state index in [1.165, 1.54) is 4.90 Å². The van der Waals surface area contributed by atoms with Gasteiger partial charge in [0.05, 0.1) is 12.7 Å². The topological polar surface area (TPSA) is 79.0 Å². The first-order valence-corrected chi connectivity index (χ1v) is 12.5. The molecule has 176 valence electrons. The Kier molecular flexibility index (Phi) is 7.02. The van der Waals surface area contributed by atoms with Crippen molar-refractivity contribution >= 4 is 29.2 Å². The van der Waals surface area contributed by atoms with Crippen molar-refractivity contribution in [2.24, 2.45) is 5.92 Å². The fourth-order valence-corrected chi connectivity index (χ4v) is 5.83. The number of amides is 4. The summed E-state index contributed by atoms with van der Waals surface area (Å²) in [6.07, 6.45) is 3.42. The van der Waals surface area contributed by atoms with Crippen LogP contribution in [0, 0.1) is 5.92 Å². The minimum absolute atomic E-state index is 0.00218. The number of methoxy groups -OCH3 is 1. The van der Waals surface area contributed by atoms with Gasteiger partial charge in [0.1, 0.15) is 11.3 Å². The summed E-state index contributed by atoms with van der Waals surface area (Å²) >= 11 is 1.63. The molecular formula is C25H31N3O4S. The number of nitrogens with zero attached hydrogens (tertiary/aromatic N) is 2. The van der Waals surface area contributed by atoms with Crippen molar-refractivity contribution in [3.63, 3.8) is 0 Å². The molecular weight excluding hydrogens is 438 g/mol. The lowest BCUT2D eigenvalue weighted by atomic mass is 9.74. The number of piperidine rings is 1. The predicted molar refractivity (Wildman–Crippen MR) is 128 cm³/mol. The van der Waals surface area contributed by atoms with Crippen molar-refractivity contribution in [2.75, 3.05) is 26.7 Å². The Balaban J connectivity index is 1.45. The number of hydrogen-bond donors (Lipinski definition) is 1. The maximum Gasteiger partial charge on any atom is 0.325 e. The van der Waals surface area contributed by atoms with Crippen molar-refractivity contribution < 1.29 is 19.1 Å². The fourth-order valence-electron chi connectivity index (χ4n) is 5.14. The fraction of sp³-hybridized carbons (Fsp3) is 0.480. The van der Waals surface area contributed by atoms with Gasteiger partial charge in [-0.3, -0.25) is 14.5 Å². The molecule has 1 aromatic heterocycles. The molecule has 4 rings (SSSR count). The summed E-state index contributed by atoms with van der Waals surface area (Å²) in [4.78, 5) is 43.8. The third-order valence-corrected chi connectivity index (χ3v) is 7.76. The van der Waals surface area contributed by atoms with Gasteiger partial charge in [-0.05, 0) is 55.2 Å². The number of carbonyl (C=O) groups excluding carboxylic acids is 3. The smallest absolute Gasteiger partial charge is 0.325 e. The minimum Gasteiger partial charge on any atom is -0.496 e. The van der Waals surface area contributed by atoms with Crippen LogP contribution in [0.2, 0.25) is 0 Å². The van der Waals surface area contributed by atoms with Crippen LogP contribution in [0.5, 0.6) is 5.75 Å². The summed E-state index contributed by atoms with van der Waals surface area (Å²) < 4.78 is 5.35. The Labute approximate surface area is 198 Å². The molecule has 0 saturated carbocycles. The predicted octanol–water partition coefficient (Wildman–Crippen LogP) is 3.94. The average Bonchev–Trinajstić information content (AvgIpc) is 3.44. The number of rotatable bonds is 8. The van der Waals surface area contributed by atoms with E-state index in [0.717, 1.165) is 11.3 Å². The first-order chi connectivity index (χ1) is 16.0. The SMILES string of the molecule is CCC[C@]1(C2CCN(C(=O)c3ccccc3OC)CC2)NC(=O)N(CCc2cccs2)C1=O. The van der Waals surface area contributed by atoms with Crippen LogP contribution >= 0.6 is 11.3 Å². The van der Waals surface area contributed by atoms with Crippen LogP contribution in [-0.2, 0) is 11.2 Å². The highest BCUT2D eigenvalue weighted by Crippen LogP contribution is 2.37. The van der Waals surface area contributed by atoms with Gasteiger partial charge in [0.15, 0.2) is 0 Å². The zero-order chi connectivity index (χ0) is 23.4. The van der Waals surface area contributed by atoms with E-state index in [-0.39, 0.29) is 23.8 Å². The van der Waals surface area contributed by atoms with Gasteiger partial charge >= 0.3 is 6.03 Å². The van der Waals surface area contributed by atoms with Gasteiger partial charge in [0.2, 0.25) is 0 Å². The molecule has 0 radical (unpaired) electrons. The molecule has 33 heavy (non-hydrogen) atoms. The number of hydrogen-bond acceptors (Lipinski definition) is 5. The number of nitrogens with one attached hydrogen (secondary N) is 1. The first kappa shape index (κ1) is 23.3. The third-order valence-electron chi connectivity index (χ3n) is 6.82. The van der Waals surface area contributed by atoms with E-state index in [1.807, 2.05) is 41.5 Å². The second-order valence-electron chi connectivity index (χ2n) is 8.70. The highest BCUT2D eigenvalue weighted by atomic mass is 32.1. The maximum absolute atomic E-state index is 13.6. The van der Waals surface area contributed by atoms with Crippen molar-refractivity contribution in [1.82, 2.24) is 15.1 Å². The number of benzene rings is 1. The van der Waals surface area contributed by atoms with Crippen molar-refractivity contribution in [3.05, 3.63) is 52.2 Å². The molecule has 1 aromatic carbocycles. The molecule has 0 aliphatic carbocycles. The van der Waals surface area contributed by atoms with Crippen molar-refractivity contribution in [3.8, 4) is 5.75 Å². The van der Waals surface area contributed by atoms with Crippen LogP contribution in [0.25, 0.3) is 0 Å². The van der Waals surface area contributed by atoms with Crippen LogP contribution in [0.4, 0.5) is 4.79 Å². The number of likely N-dealkylation sites (tertiary alicyclic amines) is 1. The van der Waals surface area contributed by atoms with Crippen LogP contribution in [0.15, 0.2) is 41.8 Å². The van der Waals surface area contributed by atoms with Crippen molar-refractivity contribution in [2.45, 2.75) is 44.6 Å². The van der Waals surface area contributed by atoms with Crippen LogP contribution < -0.4 is 10.1 Å². The Morgan fingerprint density at radius 1 is 1.18 bits per heavy atom. The zero-order valence-electron chi connectivity index (χ0n) is 19.2. The molecule has 0 unspecified atom stereocenters. The molecule has 3 heterocycles. The molecule has 2 saturated heterocycles. The van der Waals surface area contributed by atoms with Crippen molar-refractivity contribution in [1.29, 1.82) is 0 Å². The molecule has 7 nitrogen and oxygen atoms in total. The molecule has 1 N–H and O–H groups in total. The molecule has 0 spiro atoms. The van der Waals surface area contributed by atoms with Gasteiger partial charge in [-0.1, -0.05) is 31.5 Å². The summed E-state index contributed by atoms with van der Waals surface area (Å²) in [6.45, 7) is 3.52. The molecule has 0 bridgehead atoms. The Morgan fingerprint density at radius 2 is 1.94 bits per heavy atom. The monoisotopic (exact) mass is 469 g/mol. The first-order valence-electron chi connectivity index (χ1n) is 11.6. The van der Waals surface area contributed by atoms with Crippen LogP contribution in [0.3, 0.4) is 0 Å². The lowest BCUT2D eigenvalue weighted by Crippen LogP contribution is -2.56. The van der Waals surface area contributed by atoms with Crippen LogP contribution in [0.1, 0.15) is 47.8 Å². The van der Waals surface area contributed by atoms with E-state index in [9.17, 15) is 14.4 Å². The van der Waals surface area contributed by atoms with Gasteiger partial charge in [-0.15, -0.1) is 11.3 Å². The largest absolute Gasteiger partial charge is 0.496 e. The summed E-state index contributed by atoms with van der Waals surface area (Å²) in [5.74, 6) is 0.393. The summed E-state index contributed by atoms with van der Waals surface area (Å²) in [5, 5.41) is 5.08. The second-order valence-corrected chi connectivity index (χ2v) is 9.74. The molecule has 2 aromatic rings. The Hall–Kier alpha value is -2.87. The van der Waals surface area contributed by atoms with E-state index in [0.29, 0.717) is 56.6 Å². The van der Waals surface area contributed by atoms with E-state index < -0.39 is 5.54 Å². The summed E-state index contributed by atoms with van der Waals surface area (Å²) in [5.41, 5.74) is -0.326. The standard InChI is InChI=1S/C25H31N3O4S/c1-3-13-25(23(30)28(24(31)26-25)16-12-19-7-6-17-33-19)18-10-14-27(15-11-18)22(29)20-8-4-5-9-21(20)32-2/h4-9,17-18H,3,10-16H2,1-2H3,(H,26,31)/t25-/m1/s1. The second kappa shape index (κ2) is 9.95. The maximum atomic E-state index is 13.6. The molecule has 2 aliphatic rings. The number of para-hydroxylation sites is 1. The third kappa shape index (κ3) is 4.49. The van der Waals surface area contributed by atoms with Gasteiger partial charge in [0.25, 0.3) is 11.8 Å². The van der Waals surface area contributed by atoms with E-state index in [1.54, 1.807) is 30.6 Å². The minimum atomic E-state index is -0.874. The average molecular weight is 470 g/mol. The Morgan fingerprint density at radius 3 is 2.61 bits per heavy atom. The zero-order valence-corrected chi connectivity index (χ0v) is 20.0. The molecule has 8 heteroatoms. The summed E-state index contributed by atoms with van der Waals surface area (Å²) in [6, 6.07) is 10.9. The van der Waals surface area contributed by atoms with E-state index in [2.05, 4.69) is 5.32 Å². The number of ether oxygens (including phenoxy) is 1. The van der Waals surface area contributed by atoms with Gasteiger partial charge in [-0.25, -0.2) is 4.79 Å². The highest BCUT2D eigenvalue weighted by molar-refractivity contribution is 7.09. The number of urea groups is 1. The summed E-state index contributed by atoms with van der Waals surface area (Å²) in [7, 11) is 1.56. The lowest BCUT2D eigenvalue weighted by molar-refractivity contribution is -0.134. The Bertz CT molecular complexity index is 1000. The van der Waals surface area contributed by atoms with E-state index in [4.69, 9.17) is 4.74 Å². The quantitative estimate of drug-likeness (QED) is 0.594. The molecule has 4 amide bonds. The van der Waals surface area contributed by atoms with Gasteiger partial charge < -0.3 is 15.0 Å². The highest BCUT2D eigenvalue weighted by Gasteiger charge is 2.55. The number of carbonyl (C=O) groups is 3. The number of imide groups is 1. The normalized spacial score (nSPS) is 21.4. The van der Waals surface area contributed by atoms with Gasteiger partial charge in [0, 0.05) is 24.5 Å². The van der Waals surface area contributed by atoms with Gasteiger partial charge in [-0.2, -0.15) is 0 Å². The number of thiophene rings is 1.